The summed E-state index contributed by atoms with van der Waals surface area (Å²) >= 11 is 0. The molecule has 4 heteroatoms. The number of amides is 1. The maximum Gasteiger partial charge on any atom is 0.254 e. The Balaban J connectivity index is 1.39. The van der Waals surface area contributed by atoms with Crippen LogP contribution in [0.1, 0.15) is 41.3 Å². The average molecular weight is 295 g/mol. The molecular weight excluding hydrogens is 274 g/mol. The molecule has 1 N–H and O–H groups in total. The summed E-state index contributed by atoms with van der Waals surface area (Å²) in [6.07, 6.45) is 7.08. The average Bonchev–Trinajstić information content (AvgIpc) is 2.89. The summed E-state index contributed by atoms with van der Waals surface area (Å²) in [5, 5.41) is 7.24. The molecule has 1 aromatic carbocycles. The number of rotatable bonds is 4. The van der Waals surface area contributed by atoms with Crippen molar-refractivity contribution in [3.05, 3.63) is 53.3 Å². The number of carbonyl (C=O) groups excluding carboxylic acids is 1. The molecule has 1 fully saturated rings. The maximum atomic E-state index is 12.2. The molecule has 4 nitrogen and oxygen atoms in total. The van der Waals surface area contributed by atoms with E-state index in [1.165, 1.54) is 30.4 Å². The maximum absolute atomic E-state index is 12.2. The lowest BCUT2D eigenvalue weighted by Gasteiger charge is -2.12. The predicted molar refractivity (Wildman–Crippen MR) is 84.8 cm³/mol. The molecule has 0 bridgehead atoms. The van der Waals surface area contributed by atoms with E-state index in [0.717, 1.165) is 13.1 Å². The molecule has 2 aliphatic rings. The SMILES string of the molecule is CCn1cc(C(=O)NCC2CC23CCc2ccccc23)cn1. The highest BCUT2D eigenvalue weighted by Crippen LogP contribution is 2.61. The lowest BCUT2D eigenvalue weighted by Crippen LogP contribution is -2.27. The topological polar surface area (TPSA) is 46.9 Å². The zero-order valence-electron chi connectivity index (χ0n) is 12.9. The molecule has 2 aromatic rings. The van der Waals surface area contributed by atoms with Crippen LogP contribution < -0.4 is 5.32 Å². The van der Waals surface area contributed by atoms with E-state index in [9.17, 15) is 4.79 Å². The number of carbonyl (C=O) groups is 1. The van der Waals surface area contributed by atoms with Crippen molar-refractivity contribution in [1.29, 1.82) is 0 Å². The van der Waals surface area contributed by atoms with Crippen LogP contribution in [0, 0.1) is 5.92 Å². The quantitative estimate of drug-likeness (QED) is 0.942. The molecule has 1 saturated carbocycles. The summed E-state index contributed by atoms with van der Waals surface area (Å²) in [6, 6.07) is 8.79. The number of hydrogen-bond donors (Lipinski definition) is 1. The third-order valence-electron chi connectivity index (χ3n) is 5.35. The van der Waals surface area contributed by atoms with E-state index < -0.39 is 0 Å². The Morgan fingerprint density at radius 3 is 3.14 bits per heavy atom. The van der Waals surface area contributed by atoms with Crippen molar-refractivity contribution in [2.75, 3.05) is 6.54 Å². The van der Waals surface area contributed by atoms with E-state index in [1.807, 2.05) is 13.1 Å². The third-order valence-corrected chi connectivity index (χ3v) is 5.35. The van der Waals surface area contributed by atoms with Crippen molar-refractivity contribution in [3.63, 3.8) is 0 Å². The molecule has 2 atom stereocenters. The minimum Gasteiger partial charge on any atom is -0.352 e. The van der Waals surface area contributed by atoms with Gasteiger partial charge in [-0.2, -0.15) is 5.10 Å². The second-order valence-corrected chi connectivity index (χ2v) is 6.51. The molecule has 2 unspecified atom stereocenters. The largest absolute Gasteiger partial charge is 0.352 e. The van der Waals surface area contributed by atoms with Gasteiger partial charge in [0.1, 0.15) is 0 Å². The van der Waals surface area contributed by atoms with Gasteiger partial charge in [-0.25, -0.2) is 0 Å². The first-order valence-electron chi connectivity index (χ1n) is 8.12. The molecule has 22 heavy (non-hydrogen) atoms. The highest BCUT2D eigenvalue weighted by atomic mass is 16.1. The zero-order chi connectivity index (χ0) is 15.2. The molecule has 0 saturated heterocycles. The van der Waals surface area contributed by atoms with Crippen molar-refractivity contribution in [1.82, 2.24) is 15.1 Å². The number of aromatic nitrogens is 2. The molecule has 1 heterocycles. The van der Waals surface area contributed by atoms with Gasteiger partial charge in [0, 0.05) is 24.7 Å². The molecule has 0 aliphatic heterocycles. The van der Waals surface area contributed by atoms with E-state index in [1.54, 1.807) is 10.9 Å². The van der Waals surface area contributed by atoms with E-state index >= 15 is 0 Å². The fourth-order valence-electron chi connectivity index (χ4n) is 3.97. The minimum atomic E-state index is -0.00645. The van der Waals surface area contributed by atoms with Gasteiger partial charge in [0.25, 0.3) is 5.91 Å². The third kappa shape index (κ3) is 2.05. The van der Waals surface area contributed by atoms with Gasteiger partial charge in [-0.1, -0.05) is 24.3 Å². The lowest BCUT2D eigenvalue weighted by atomic mass is 9.95. The number of aryl methyl sites for hydroxylation is 2. The Morgan fingerprint density at radius 2 is 2.32 bits per heavy atom. The molecule has 1 aromatic heterocycles. The van der Waals surface area contributed by atoms with Crippen LogP contribution in [0.2, 0.25) is 0 Å². The Labute approximate surface area is 130 Å². The lowest BCUT2D eigenvalue weighted by molar-refractivity contribution is 0.0951. The van der Waals surface area contributed by atoms with Crippen LogP contribution in [-0.4, -0.2) is 22.2 Å². The van der Waals surface area contributed by atoms with Crippen LogP contribution >= 0.6 is 0 Å². The Morgan fingerprint density at radius 1 is 1.45 bits per heavy atom. The molecule has 1 spiro atoms. The van der Waals surface area contributed by atoms with Crippen LogP contribution in [0.4, 0.5) is 0 Å². The van der Waals surface area contributed by atoms with Crippen molar-refractivity contribution in [3.8, 4) is 0 Å². The van der Waals surface area contributed by atoms with Gasteiger partial charge in [0.15, 0.2) is 0 Å². The molecule has 2 aliphatic carbocycles. The number of benzene rings is 1. The molecule has 114 valence electrons. The van der Waals surface area contributed by atoms with Gasteiger partial charge < -0.3 is 5.32 Å². The smallest absolute Gasteiger partial charge is 0.254 e. The normalized spacial score (nSPS) is 25.2. The zero-order valence-corrected chi connectivity index (χ0v) is 12.9. The van der Waals surface area contributed by atoms with Crippen LogP contribution in [0.15, 0.2) is 36.7 Å². The van der Waals surface area contributed by atoms with Gasteiger partial charge >= 0.3 is 0 Å². The standard InChI is InChI=1S/C18H21N3O/c1-2-21-12-14(10-20-21)17(22)19-11-15-9-18(15)8-7-13-5-3-4-6-16(13)18/h3-6,10,12,15H,2,7-9,11H2,1H3,(H,19,22). The van der Waals surface area contributed by atoms with E-state index in [4.69, 9.17) is 0 Å². The van der Waals surface area contributed by atoms with Gasteiger partial charge in [-0.15, -0.1) is 0 Å². The number of nitrogens with zero attached hydrogens (tertiary/aromatic N) is 2. The summed E-state index contributed by atoms with van der Waals surface area (Å²) < 4.78 is 1.78. The van der Waals surface area contributed by atoms with Crippen molar-refractivity contribution in [2.45, 2.75) is 38.1 Å². The van der Waals surface area contributed by atoms with Crippen molar-refractivity contribution in [2.24, 2.45) is 5.92 Å². The van der Waals surface area contributed by atoms with Crippen LogP contribution in [0.5, 0.6) is 0 Å². The summed E-state index contributed by atoms with van der Waals surface area (Å²) in [6.45, 7) is 3.57. The van der Waals surface area contributed by atoms with Crippen LogP contribution in [0.3, 0.4) is 0 Å². The molecule has 0 radical (unpaired) electrons. The van der Waals surface area contributed by atoms with Crippen molar-refractivity contribution < 1.29 is 4.79 Å². The minimum absolute atomic E-state index is 0.00645. The monoisotopic (exact) mass is 295 g/mol. The highest BCUT2D eigenvalue weighted by molar-refractivity contribution is 5.93. The Hall–Kier alpha value is -2.10. The van der Waals surface area contributed by atoms with E-state index in [-0.39, 0.29) is 5.91 Å². The van der Waals surface area contributed by atoms with Gasteiger partial charge in [0.2, 0.25) is 0 Å². The molecule has 4 rings (SSSR count). The summed E-state index contributed by atoms with van der Waals surface area (Å²) in [5.74, 6) is 0.578. The first kappa shape index (κ1) is 13.6. The second kappa shape index (κ2) is 4.97. The fraction of sp³-hybridized carbons (Fsp3) is 0.444. The molecule has 1 amide bonds. The highest BCUT2D eigenvalue weighted by Gasteiger charge is 2.57. The fourth-order valence-corrected chi connectivity index (χ4v) is 3.97. The van der Waals surface area contributed by atoms with E-state index in [2.05, 4.69) is 34.7 Å². The van der Waals surface area contributed by atoms with Gasteiger partial charge in [-0.3, -0.25) is 9.48 Å². The van der Waals surface area contributed by atoms with Gasteiger partial charge in [0.05, 0.1) is 11.8 Å². The number of nitrogens with one attached hydrogen (secondary N) is 1. The van der Waals surface area contributed by atoms with Crippen LogP contribution in [-0.2, 0) is 18.4 Å². The van der Waals surface area contributed by atoms with Crippen LogP contribution in [0.25, 0.3) is 0 Å². The predicted octanol–water partition coefficient (Wildman–Crippen LogP) is 2.54. The first-order chi connectivity index (χ1) is 10.7. The number of fused-ring (bicyclic) bond motifs is 2. The summed E-state index contributed by atoms with van der Waals surface area (Å²) in [5.41, 5.74) is 4.02. The molecular formula is C18H21N3O. The summed E-state index contributed by atoms with van der Waals surface area (Å²) in [4.78, 5) is 12.2. The Kier molecular flexibility index (Phi) is 3.06. The number of hydrogen-bond acceptors (Lipinski definition) is 2. The first-order valence-corrected chi connectivity index (χ1v) is 8.12. The summed E-state index contributed by atoms with van der Waals surface area (Å²) in [7, 11) is 0. The second-order valence-electron chi connectivity index (χ2n) is 6.51. The Bertz CT molecular complexity index is 721. The van der Waals surface area contributed by atoms with Crippen molar-refractivity contribution >= 4 is 5.91 Å². The van der Waals surface area contributed by atoms with E-state index in [0.29, 0.717) is 16.9 Å². The van der Waals surface area contributed by atoms with Gasteiger partial charge in [-0.05, 0) is 43.2 Å².